The van der Waals surface area contributed by atoms with Gasteiger partial charge in [-0.3, -0.25) is 0 Å². The van der Waals surface area contributed by atoms with Gasteiger partial charge in [-0.05, 0) is 44.7 Å². The summed E-state index contributed by atoms with van der Waals surface area (Å²) >= 11 is 0. The second-order valence-corrected chi connectivity index (χ2v) is 5.20. The van der Waals surface area contributed by atoms with Gasteiger partial charge in [0.25, 0.3) is 0 Å². The molecule has 1 aromatic carbocycles. The molecule has 1 N–H and O–H groups in total. The zero-order valence-corrected chi connectivity index (χ0v) is 11.7. The first-order chi connectivity index (χ1) is 9.66. The predicted octanol–water partition coefficient (Wildman–Crippen LogP) is 4.29. The van der Waals surface area contributed by atoms with Gasteiger partial charge in [0.2, 0.25) is 0 Å². The van der Waals surface area contributed by atoms with Gasteiger partial charge in [-0.1, -0.05) is 30.4 Å². The lowest BCUT2D eigenvalue weighted by atomic mass is 9.94. The number of allylic oxidation sites excluding steroid dienone is 2. The van der Waals surface area contributed by atoms with Crippen molar-refractivity contribution in [3.05, 3.63) is 42.0 Å². The second kappa shape index (κ2) is 7.39. The third-order valence-corrected chi connectivity index (χ3v) is 3.69. The second-order valence-electron chi connectivity index (χ2n) is 5.20. The monoisotopic (exact) mass is 281 g/mol. The molecule has 0 amide bonds. The average molecular weight is 281 g/mol. The van der Waals surface area contributed by atoms with E-state index in [0.29, 0.717) is 5.92 Å². The first-order valence-electron chi connectivity index (χ1n) is 7.09. The van der Waals surface area contributed by atoms with Crippen LogP contribution in [-0.4, -0.2) is 13.2 Å². The topological polar surface area (TPSA) is 21.3 Å². The molecular weight excluding hydrogens is 260 g/mol. The molecule has 110 valence electrons. The Hall–Kier alpha value is -1.42. The van der Waals surface area contributed by atoms with Crippen LogP contribution in [0, 0.1) is 5.92 Å². The van der Waals surface area contributed by atoms with E-state index in [4.69, 9.17) is 0 Å². The van der Waals surface area contributed by atoms with Crippen molar-refractivity contribution in [1.82, 2.24) is 5.32 Å². The Bertz CT molecular complexity index is 448. The third-order valence-electron chi connectivity index (χ3n) is 3.69. The molecule has 0 saturated carbocycles. The predicted molar refractivity (Wildman–Crippen MR) is 76.0 cm³/mol. The van der Waals surface area contributed by atoms with Gasteiger partial charge < -0.3 is 10.1 Å². The number of hydrogen-bond donors (Lipinski definition) is 1. The summed E-state index contributed by atoms with van der Waals surface area (Å²) in [7, 11) is 0. The molecule has 2 rings (SSSR count). The molecule has 2 atom stereocenters. The Kier molecular flexibility index (Phi) is 5.53. The van der Waals surface area contributed by atoms with Crippen LogP contribution in [-0.2, 0) is 0 Å². The molecule has 2 unspecified atom stereocenters. The molecule has 2 nitrogen and oxygen atoms in total. The zero-order chi connectivity index (χ0) is 14.4. The summed E-state index contributed by atoms with van der Waals surface area (Å²) in [4.78, 5) is 0. The lowest BCUT2D eigenvalue weighted by molar-refractivity contribution is -0.0506. The molecule has 20 heavy (non-hydrogen) atoms. The molecule has 0 fully saturated rings. The van der Waals surface area contributed by atoms with Gasteiger partial charge in [-0.25, -0.2) is 0 Å². The standard InChI is InChI=1S/C16H21F2NO/c1-12(19-11-13-7-3-2-4-8-13)14-9-5-6-10-15(14)20-16(17)18/h2-3,5-6,9-10,12-13,16,19H,4,7-8,11H2,1H3. The zero-order valence-electron chi connectivity index (χ0n) is 11.7. The number of para-hydroxylation sites is 1. The Balaban J connectivity index is 1.94. The molecule has 1 aromatic rings. The number of ether oxygens (including phenoxy) is 1. The Labute approximate surface area is 118 Å². The van der Waals surface area contributed by atoms with E-state index in [9.17, 15) is 8.78 Å². The molecule has 0 saturated heterocycles. The van der Waals surface area contributed by atoms with Crippen LogP contribution in [0.4, 0.5) is 8.78 Å². The van der Waals surface area contributed by atoms with E-state index in [1.165, 1.54) is 6.42 Å². The van der Waals surface area contributed by atoms with E-state index in [2.05, 4.69) is 22.2 Å². The molecule has 1 aliphatic rings. The third kappa shape index (κ3) is 4.30. The fourth-order valence-electron chi connectivity index (χ4n) is 2.54. The van der Waals surface area contributed by atoms with E-state index >= 15 is 0 Å². The van der Waals surface area contributed by atoms with Crippen molar-refractivity contribution in [2.24, 2.45) is 5.92 Å². The average Bonchev–Trinajstić information content (AvgIpc) is 2.46. The maximum absolute atomic E-state index is 12.4. The van der Waals surface area contributed by atoms with Gasteiger partial charge in [-0.15, -0.1) is 0 Å². The molecule has 4 heteroatoms. The number of alkyl halides is 2. The highest BCUT2D eigenvalue weighted by Crippen LogP contribution is 2.27. The van der Waals surface area contributed by atoms with Crippen LogP contribution in [0.2, 0.25) is 0 Å². The summed E-state index contributed by atoms with van der Waals surface area (Å²) < 4.78 is 29.4. The summed E-state index contributed by atoms with van der Waals surface area (Å²) in [5.74, 6) is 0.886. The summed E-state index contributed by atoms with van der Waals surface area (Å²) in [5.41, 5.74) is 0.777. The Morgan fingerprint density at radius 3 is 2.80 bits per heavy atom. The van der Waals surface area contributed by atoms with Gasteiger partial charge in [0.15, 0.2) is 0 Å². The van der Waals surface area contributed by atoms with Gasteiger partial charge in [0, 0.05) is 11.6 Å². The van der Waals surface area contributed by atoms with E-state index in [1.54, 1.807) is 12.1 Å². The van der Waals surface area contributed by atoms with Crippen LogP contribution in [0.15, 0.2) is 36.4 Å². The molecule has 0 bridgehead atoms. The van der Waals surface area contributed by atoms with Crippen LogP contribution < -0.4 is 10.1 Å². The lowest BCUT2D eigenvalue weighted by Crippen LogP contribution is -2.26. The maximum Gasteiger partial charge on any atom is 0.387 e. The van der Waals surface area contributed by atoms with Crippen molar-refractivity contribution in [3.63, 3.8) is 0 Å². The molecule has 0 aliphatic heterocycles. The van der Waals surface area contributed by atoms with E-state index in [1.807, 2.05) is 19.1 Å². The molecular formula is C16H21F2NO. The number of benzene rings is 1. The van der Waals surface area contributed by atoms with Gasteiger partial charge >= 0.3 is 6.61 Å². The summed E-state index contributed by atoms with van der Waals surface area (Å²) in [6.45, 7) is 0.0905. The molecule has 0 spiro atoms. The highest BCUT2D eigenvalue weighted by Gasteiger charge is 2.16. The minimum atomic E-state index is -2.79. The largest absolute Gasteiger partial charge is 0.434 e. The first-order valence-corrected chi connectivity index (χ1v) is 7.09. The van der Waals surface area contributed by atoms with Crippen molar-refractivity contribution in [2.75, 3.05) is 6.54 Å². The maximum atomic E-state index is 12.4. The Morgan fingerprint density at radius 2 is 2.10 bits per heavy atom. The highest BCUT2D eigenvalue weighted by molar-refractivity contribution is 5.35. The Morgan fingerprint density at radius 1 is 1.30 bits per heavy atom. The normalized spacial score (nSPS) is 20.1. The number of nitrogens with one attached hydrogen (secondary N) is 1. The summed E-state index contributed by atoms with van der Waals surface area (Å²) in [5, 5.41) is 3.42. The van der Waals surface area contributed by atoms with Crippen molar-refractivity contribution in [1.29, 1.82) is 0 Å². The molecule has 0 aromatic heterocycles. The quantitative estimate of drug-likeness (QED) is 0.785. The van der Waals surface area contributed by atoms with Crippen molar-refractivity contribution >= 4 is 0 Å². The van der Waals surface area contributed by atoms with Crippen molar-refractivity contribution < 1.29 is 13.5 Å². The number of hydrogen-bond acceptors (Lipinski definition) is 2. The van der Waals surface area contributed by atoms with Crippen molar-refractivity contribution in [2.45, 2.75) is 38.8 Å². The molecule has 1 aliphatic carbocycles. The van der Waals surface area contributed by atoms with E-state index in [0.717, 1.165) is 24.9 Å². The minimum Gasteiger partial charge on any atom is -0.434 e. The van der Waals surface area contributed by atoms with Crippen molar-refractivity contribution in [3.8, 4) is 5.75 Å². The fourth-order valence-corrected chi connectivity index (χ4v) is 2.54. The van der Waals surface area contributed by atoms with Gasteiger partial charge in [0.05, 0.1) is 0 Å². The SMILES string of the molecule is CC(NCC1CC=CCC1)c1ccccc1OC(F)F. The minimum absolute atomic E-state index is 0.00384. The lowest BCUT2D eigenvalue weighted by Gasteiger charge is -2.23. The van der Waals surface area contributed by atoms with Gasteiger partial charge in [0.1, 0.15) is 5.75 Å². The summed E-state index contributed by atoms with van der Waals surface area (Å²) in [6, 6.07) is 6.96. The van der Waals surface area contributed by atoms with E-state index in [-0.39, 0.29) is 11.8 Å². The number of halogens is 2. The van der Waals surface area contributed by atoms with Gasteiger partial charge in [-0.2, -0.15) is 8.78 Å². The summed E-state index contributed by atoms with van der Waals surface area (Å²) in [6.07, 6.45) is 7.84. The molecule has 0 heterocycles. The van der Waals surface area contributed by atoms with Crippen LogP contribution in [0.25, 0.3) is 0 Å². The smallest absolute Gasteiger partial charge is 0.387 e. The first kappa shape index (κ1) is 15.0. The molecule has 0 radical (unpaired) electrons. The highest BCUT2D eigenvalue weighted by atomic mass is 19.3. The van der Waals surface area contributed by atoms with Crippen LogP contribution in [0.5, 0.6) is 5.75 Å². The van der Waals surface area contributed by atoms with E-state index < -0.39 is 6.61 Å². The fraction of sp³-hybridized carbons (Fsp3) is 0.500. The number of rotatable bonds is 6. The van der Waals surface area contributed by atoms with Crippen LogP contribution >= 0.6 is 0 Å². The van der Waals surface area contributed by atoms with Crippen LogP contribution in [0.1, 0.15) is 37.8 Å². The van der Waals surface area contributed by atoms with Crippen LogP contribution in [0.3, 0.4) is 0 Å².